The van der Waals surface area contributed by atoms with Crippen molar-refractivity contribution in [2.45, 2.75) is 13.2 Å². The molecule has 9 nitrogen and oxygen atoms in total. The van der Waals surface area contributed by atoms with Crippen LogP contribution in [0.3, 0.4) is 0 Å². The van der Waals surface area contributed by atoms with Crippen LogP contribution in [0.25, 0.3) is 6.08 Å². The fourth-order valence-corrected chi connectivity index (χ4v) is 3.89. The Morgan fingerprint density at radius 1 is 1.06 bits per heavy atom. The number of benzene rings is 3. The zero-order chi connectivity index (χ0) is 25.8. The molecular weight excluding hydrogens is 537 g/mol. The van der Waals surface area contributed by atoms with Gasteiger partial charge in [0.2, 0.25) is 0 Å². The van der Waals surface area contributed by atoms with Crippen LogP contribution in [0.1, 0.15) is 16.7 Å². The molecule has 3 aromatic carbocycles. The zero-order valence-corrected chi connectivity index (χ0v) is 20.5. The van der Waals surface area contributed by atoms with Crippen LogP contribution in [0.5, 0.6) is 11.5 Å². The van der Waals surface area contributed by atoms with E-state index in [4.69, 9.17) is 9.47 Å². The molecule has 3 amide bonds. The number of imide groups is 1. The number of nitro benzene ring substituents is 1. The fraction of sp³-hybridized carbons (Fsp3) is 0.120. The van der Waals surface area contributed by atoms with Crippen LogP contribution in [-0.2, 0) is 17.9 Å². The number of non-ortho nitro benzene ring substituents is 1. The van der Waals surface area contributed by atoms with E-state index in [1.165, 1.54) is 49.6 Å². The Hall–Kier alpha value is -4.25. The van der Waals surface area contributed by atoms with Gasteiger partial charge in [0.1, 0.15) is 18.1 Å². The lowest BCUT2D eigenvalue weighted by molar-refractivity contribution is -0.384. The highest BCUT2D eigenvalue weighted by Crippen LogP contribution is 2.35. The van der Waals surface area contributed by atoms with E-state index in [0.717, 1.165) is 10.5 Å². The summed E-state index contributed by atoms with van der Waals surface area (Å²) in [5, 5.41) is 13.4. The maximum Gasteiger partial charge on any atom is 0.329 e. The van der Waals surface area contributed by atoms with Gasteiger partial charge in [-0.05, 0) is 59.2 Å². The molecule has 184 valence electrons. The molecule has 1 heterocycles. The number of hydrogen-bond donors (Lipinski definition) is 1. The maximum absolute atomic E-state index is 13.1. The second-order valence-electron chi connectivity index (χ2n) is 7.74. The van der Waals surface area contributed by atoms with Gasteiger partial charge in [0.15, 0.2) is 11.5 Å². The summed E-state index contributed by atoms with van der Waals surface area (Å²) in [7, 11) is 1.46. The Balaban J connectivity index is 1.50. The van der Waals surface area contributed by atoms with Crippen molar-refractivity contribution >= 4 is 39.6 Å². The van der Waals surface area contributed by atoms with Gasteiger partial charge >= 0.3 is 6.03 Å². The standard InChI is InChI=1S/C25H19BrFN3O6/c1-35-22-11-17(20(26)12-23(22)36-14-16-4-8-19(9-5-16)30(33)34)10-21-24(31)29(25(32)28-21)13-15-2-6-18(27)7-3-15/h2-12H,13-14H2,1H3,(H,28,32)/b21-10+. The fourth-order valence-electron chi connectivity index (χ4n) is 3.45. The summed E-state index contributed by atoms with van der Waals surface area (Å²) in [6, 6.07) is 14.3. The minimum atomic E-state index is -0.582. The number of carbonyl (C=O) groups is 2. The van der Waals surface area contributed by atoms with E-state index in [2.05, 4.69) is 21.2 Å². The largest absolute Gasteiger partial charge is 0.493 e. The molecule has 0 bridgehead atoms. The lowest BCUT2D eigenvalue weighted by atomic mass is 10.1. The van der Waals surface area contributed by atoms with Crippen LogP contribution in [0.2, 0.25) is 0 Å². The van der Waals surface area contributed by atoms with Gasteiger partial charge in [-0.1, -0.05) is 28.1 Å². The molecule has 1 saturated heterocycles. The number of methoxy groups -OCH3 is 1. The van der Waals surface area contributed by atoms with E-state index in [-0.39, 0.29) is 24.5 Å². The molecule has 4 rings (SSSR count). The molecule has 1 fully saturated rings. The monoisotopic (exact) mass is 555 g/mol. The number of amides is 3. The van der Waals surface area contributed by atoms with Crippen molar-refractivity contribution in [1.29, 1.82) is 0 Å². The predicted molar refractivity (Wildman–Crippen MR) is 132 cm³/mol. The van der Waals surface area contributed by atoms with Crippen LogP contribution in [0.4, 0.5) is 14.9 Å². The van der Waals surface area contributed by atoms with Crippen molar-refractivity contribution in [3.8, 4) is 11.5 Å². The Morgan fingerprint density at radius 3 is 2.36 bits per heavy atom. The maximum atomic E-state index is 13.1. The van der Waals surface area contributed by atoms with Crippen LogP contribution < -0.4 is 14.8 Å². The van der Waals surface area contributed by atoms with Gasteiger partial charge in [0.05, 0.1) is 18.6 Å². The average molecular weight is 556 g/mol. The van der Waals surface area contributed by atoms with Crippen molar-refractivity contribution in [2.24, 2.45) is 0 Å². The number of halogens is 2. The molecule has 1 N–H and O–H groups in total. The zero-order valence-electron chi connectivity index (χ0n) is 18.9. The predicted octanol–water partition coefficient (Wildman–Crippen LogP) is 5.18. The van der Waals surface area contributed by atoms with E-state index in [1.807, 2.05) is 0 Å². The third kappa shape index (κ3) is 5.52. The average Bonchev–Trinajstić information content (AvgIpc) is 3.12. The van der Waals surface area contributed by atoms with Gasteiger partial charge in [-0.2, -0.15) is 0 Å². The van der Waals surface area contributed by atoms with Crippen LogP contribution >= 0.6 is 15.9 Å². The van der Waals surface area contributed by atoms with Gasteiger partial charge < -0.3 is 14.8 Å². The summed E-state index contributed by atoms with van der Waals surface area (Å²) in [4.78, 5) is 36.6. The normalized spacial score (nSPS) is 14.2. The highest BCUT2D eigenvalue weighted by atomic mass is 79.9. The van der Waals surface area contributed by atoms with Gasteiger partial charge in [-0.25, -0.2) is 9.18 Å². The van der Waals surface area contributed by atoms with E-state index >= 15 is 0 Å². The second-order valence-corrected chi connectivity index (χ2v) is 8.60. The number of rotatable bonds is 8. The third-order valence-corrected chi connectivity index (χ3v) is 6.03. The number of hydrogen-bond acceptors (Lipinski definition) is 6. The topological polar surface area (TPSA) is 111 Å². The van der Waals surface area contributed by atoms with E-state index in [1.54, 1.807) is 24.3 Å². The Bertz CT molecular complexity index is 1360. The molecule has 1 aliphatic rings. The number of urea groups is 1. The number of nitro groups is 1. The van der Waals surface area contributed by atoms with E-state index in [9.17, 15) is 24.1 Å². The second kappa shape index (κ2) is 10.6. The third-order valence-electron chi connectivity index (χ3n) is 5.34. The minimum Gasteiger partial charge on any atom is -0.493 e. The SMILES string of the molecule is COc1cc(/C=C2/NC(=O)N(Cc3ccc(F)cc3)C2=O)c(Br)cc1OCc1ccc([N+](=O)[O-])cc1. The summed E-state index contributed by atoms with van der Waals surface area (Å²) in [6.07, 6.45) is 1.51. The summed E-state index contributed by atoms with van der Waals surface area (Å²) in [5.74, 6) is -0.138. The van der Waals surface area contributed by atoms with Gasteiger partial charge in [0, 0.05) is 16.6 Å². The van der Waals surface area contributed by atoms with Crippen molar-refractivity contribution in [1.82, 2.24) is 10.2 Å². The van der Waals surface area contributed by atoms with Crippen LogP contribution in [0, 0.1) is 15.9 Å². The van der Waals surface area contributed by atoms with Crippen LogP contribution in [0.15, 0.2) is 70.8 Å². The molecule has 0 radical (unpaired) electrons. The highest BCUT2D eigenvalue weighted by Gasteiger charge is 2.33. The molecule has 0 aromatic heterocycles. The molecule has 36 heavy (non-hydrogen) atoms. The first-order valence-corrected chi connectivity index (χ1v) is 11.4. The highest BCUT2D eigenvalue weighted by molar-refractivity contribution is 9.10. The number of nitrogens with one attached hydrogen (secondary N) is 1. The van der Waals surface area contributed by atoms with Crippen molar-refractivity contribution in [3.05, 3.63) is 103 Å². The van der Waals surface area contributed by atoms with E-state index < -0.39 is 22.7 Å². The summed E-state index contributed by atoms with van der Waals surface area (Å²) in [6.45, 7) is 0.149. The number of nitrogens with zero attached hydrogens (tertiary/aromatic N) is 2. The molecule has 3 aromatic rings. The summed E-state index contributed by atoms with van der Waals surface area (Å²) in [5.41, 5.74) is 1.96. The lowest BCUT2D eigenvalue weighted by Gasteiger charge is -2.13. The first-order valence-electron chi connectivity index (χ1n) is 10.6. The summed E-state index contributed by atoms with van der Waals surface area (Å²) >= 11 is 3.45. The molecule has 0 saturated carbocycles. The minimum absolute atomic E-state index is 0.00218. The van der Waals surface area contributed by atoms with Gasteiger partial charge in [-0.3, -0.25) is 19.8 Å². The molecular formula is C25H19BrFN3O6. The van der Waals surface area contributed by atoms with Crippen molar-refractivity contribution in [2.75, 3.05) is 7.11 Å². The Labute approximate surface area is 213 Å². The molecule has 1 aliphatic heterocycles. The van der Waals surface area contributed by atoms with Gasteiger partial charge in [-0.15, -0.1) is 0 Å². The molecule has 0 unspecified atom stereocenters. The quantitative estimate of drug-likeness (QED) is 0.177. The van der Waals surface area contributed by atoms with Crippen molar-refractivity contribution < 1.29 is 28.4 Å². The molecule has 0 spiro atoms. The lowest BCUT2D eigenvalue weighted by Crippen LogP contribution is -2.30. The number of carbonyl (C=O) groups excluding carboxylic acids is 2. The number of ether oxygens (including phenoxy) is 2. The van der Waals surface area contributed by atoms with Crippen molar-refractivity contribution in [3.63, 3.8) is 0 Å². The Morgan fingerprint density at radius 2 is 1.72 bits per heavy atom. The first-order chi connectivity index (χ1) is 17.2. The molecule has 11 heteroatoms. The smallest absolute Gasteiger partial charge is 0.329 e. The molecule has 0 aliphatic carbocycles. The van der Waals surface area contributed by atoms with Crippen LogP contribution in [-0.4, -0.2) is 28.9 Å². The molecule has 0 atom stereocenters. The first kappa shape index (κ1) is 24.9. The summed E-state index contributed by atoms with van der Waals surface area (Å²) < 4.78 is 25.0. The Kier molecular flexibility index (Phi) is 7.30. The van der Waals surface area contributed by atoms with E-state index in [0.29, 0.717) is 27.1 Å². The van der Waals surface area contributed by atoms with Gasteiger partial charge in [0.25, 0.3) is 11.6 Å².